The van der Waals surface area contributed by atoms with Crippen LogP contribution in [0.3, 0.4) is 0 Å². The molecule has 0 aliphatic carbocycles. The number of benzene rings is 2. The highest BCUT2D eigenvalue weighted by Crippen LogP contribution is 2.11. The number of rotatable bonds is 31. The molecule has 0 atom stereocenters. The molecule has 0 spiro atoms. The average molecular weight is 679 g/mol. The molecule has 13 heteroatoms. The average Bonchev–Trinajstić information content (AvgIpc) is 3.11. The molecule has 2 aromatic rings. The first-order valence-electron chi connectivity index (χ1n) is 16.7. The van der Waals surface area contributed by atoms with Crippen molar-refractivity contribution in [2.75, 3.05) is 118 Å². The van der Waals surface area contributed by atoms with Gasteiger partial charge in [-0.05, 0) is 36.2 Å². The zero-order chi connectivity index (χ0) is 34.2. The molecule has 0 aromatic heterocycles. The summed E-state index contributed by atoms with van der Waals surface area (Å²) in [5.74, 6) is -0.365. The van der Waals surface area contributed by atoms with Crippen LogP contribution in [0.2, 0.25) is 0 Å². The number of anilines is 1. The van der Waals surface area contributed by atoms with Gasteiger partial charge in [0.15, 0.2) is 0 Å². The van der Waals surface area contributed by atoms with Crippen molar-refractivity contribution < 1.29 is 52.2 Å². The minimum atomic E-state index is -0.473. The molecule has 2 N–H and O–H groups in total. The fourth-order valence-electron chi connectivity index (χ4n) is 3.83. The van der Waals surface area contributed by atoms with Crippen LogP contribution in [-0.2, 0) is 49.2 Å². The first-order valence-corrected chi connectivity index (χ1v) is 16.7. The largest absolute Gasteiger partial charge is 0.460 e. The van der Waals surface area contributed by atoms with Gasteiger partial charge >= 0.3 is 12.1 Å². The lowest BCUT2D eigenvalue weighted by atomic mass is 10.2. The highest BCUT2D eigenvalue weighted by atomic mass is 16.6. The number of amides is 1. The Morgan fingerprint density at radius 2 is 1.02 bits per heavy atom. The van der Waals surface area contributed by atoms with Gasteiger partial charge < -0.3 is 53.3 Å². The van der Waals surface area contributed by atoms with Crippen molar-refractivity contribution in [3.8, 4) is 0 Å². The van der Waals surface area contributed by atoms with Crippen LogP contribution in [0.4, 0.5) is 10.5 Å². The van der Waals surface area contributed by atoms with Gasteiger partial charge in [-0.25, -0.2) is 9.59 Å². The summed E-state index contributed by atoms with van der Waals surface area (Å²) in [4.78, 5) is 23.8. The first-order chi connectivity index (χ1) is 23.7. The van der Waals surface area contributed by atoms with Crippen LogP contribution in [0.25, 0.3) is 0 Å². The van der Waals surface area contributed by atoms with E-state index in [0.29, 0.717) is 105 Å². The second kappa shape index (κ2) is 29.8. The number of unbranched alkanes of at least 4 members (excludes halogenated alkanes) is 1. The van der Waals surface area contributed by atoms with Crippen molar-refractivity contribution >= 4 is 17.7 Å². The van der Waals surface area contributed by atoms with Crippen molar-refractivity contribution in [2.45, 2.75) is 26.4 Å². The Labute approximate surface area is 284 Å². The Morgan fingerprint density at radius 1 is 0.542 bits per heavy atom. The molecular weight excluding hydrogens is 624 g/mol. The molecule has 0 heterocycles. The number of carbonyl (C=O) groups excluding carboxylic acids is 2. The number of hydrogen-bond acceptors (Lipinski definition) is 12. The monoisotopic (exact) mass is 678 g/mol. The van der Waals surface area contributed by atoms with Gasteiger partial charge in [0.05, 0.1) is 98.1 Å². The van der Waals surface area contributed by atoms with Crippen molar-refractivity contribution in [3.63, 3.8) is 0 Å². The number of carbonyl (C=O) groups is 2. The number of alkyl carbamates (subject to hydrolysis) is 1. The van der Waals surface area contributed by atoms with E-state index in [2.05, 4.69) is 17.6 Å². The van der Waals surface area contributed by atoms with E-state index in [-0.39, 0.29) is 19.2 Å². The van der Waals surface area contributed by atoms with Gasteiger partial charge in [0, 0.05) is 18.8 Å². The van der Waals surface area contributed by atoms with Crippen molar-refractivity contribution in [1.82, 2.24) is 5.32 Å². The molecule has 48 heavy (non-hydrogen) atoms. The van der Waals surface area contributed by atoms with Gasteiger partial charge in [0.2, 0.25) is 0 Å². The fraction of sp³-hybridized carbons (Fsp3) is 0.600. The zero-order valence-corrected chi connectivity index (χ0v) is 28.3. The lowest BCUT2D eigenvalue weighted by molar-refractivity contribution is -0.0221. The Hall–Kier alpha value is -3.30. The minimum Gasteiger partial charge on any atom is -0.460 e. The van der Waals surface area contributed by atoms with Crippen LogP contribution >= 0.6 is 0 Å². The van der Waals surface area contributed by atoms with Crippen LogP contribution in [0.5, 0.6) is 0 Å². The smallest absolute Gasteiger partial charge is 0.407 e. The summed E-state index contributed by atoms with van der Waals surface area (Å²) >= 11 is 0. The number of esters is 1. The minimum absolute atomic E-state index is 0.185. The summed E-state index contributed by atoms with van der Waals surface area (Å²) in [7, 11) is 0. The zero-order valence-electron chi connectivity index (χ0n) is 28.3. The predicted molar refractivity (Wildman–Crippen MR) is 180 cm³/mol. The second-order valence-corrected chi connectivity index (χ2v) is 10.3. The molecule has 2 rings (SSSR count). The summed E-state index contributed by atoms with van der Waals surface area (Å²) in [6.45, 7) is 9.95. The van der Waals surface area contributed by atoms with E-state index in [4.69, 9.17) is 42.6 Å². The number of nitrogens with one attached hydrogen (secondary N) is 2. The summed E-state index contributed by atoms with van der Waals surface area (Å²) in [6.07, 6.45) is 1.77. The SMILES string of the molecule is CCCCNc1ccc(C(=O)OCCOCCOCCOCCOCCOCCOCCOCCNC(=O)OCc2ccccc2)cc1. The van der Waals surface area contributed by atoms with E-state index in [9.17, 15) is 9.59 Å². The Morgan fingerprint density at radius 3 is 1.52 bits per heavy atom. The van der Waals surface area contributed by atoms with Gasteiger partial charge in [0.1, 0.15) is 13.2 Å². The standard InChI is InChI=1S/C35H54N2O11/c1-2-3-13-36-33-11-9-32(10-12-33)34(38)47-29-28-46-27-26-45-25-24-44-23-22-43-21-20-42-19-18-41-17-16-40-15-14-37-35(39)48-30-31-7-5-4-6-8-31/h4-12,36H,2-3,13-30H2,1H3,(H,37,39). The maximum Gasteiger partial charge on any atom is 0.407 e. The van der Waals surface area contributed by atoms with Crippen molar-refractivity contribution in [2.24, 2.45) is 0 Å². The van der Waals surface area contributed by atoms with Crippen LogP contribution < -0.4 is 10.6 Å². The normalized spacial score (nSPS) is 10.9. The first kappa shape index (κ1) is 40.9. The molecule has 2 aromatic carbocycles. The number of hydrogen-bond donors (Lipinski definition) is 2. The van der Waals surface area contributed by atoms with Gasteiger partial charge in [-0.2, -0.15) is 0 Å². The molecule has 270 valence electrons. The van der Waals surface area contributed by atoms with Gasteiger partial charge in [-0.1, -0.05) is 43.7 Å². The quantitative estimate of drug-likeness (QED) is 0.0877. The summed E-state index contributed by atoms with van der Waals surface area (Å²) in [5.41, 5.74) is 2.44. The third-order valence-electron chi connectivity index (χ3n) is 6.40. The Kier molecular flexibility index (Phi) is 25.4. The van der Waals surface area contributed by atoms with Crippen LogP contribution in [0, 0.1) is 0 Å². The lowest BCUT2D eigenvalue weighted by Gasteiger charge is -2.09. The summed E-state index contributed by atoms with van der Waals surface area (Å²) in [5, 5.41) is 5.95. The number of ether oxygens (including phenoxy) is 9. The molecule has 0 bridgehead atoms. The maximum atomic E-state index is 12.1. The third-order valence-corrected chi connectivity index (χ3v) is 6.40. The molecule has 0 saturated heterocycles. The molecule has 1 amide bonds. The van der Waals surface area contributed by atoms with Crippen LogP contribution in [0.1, 0.15) is 35.7 Å². The van der Waals surface area contributed by atoms with Crippen molar-refractivity contribution in [1.29, 1.82) is 0 Å². The third kappa shape index (κ3) is 23.1. The maximum absolute atomic E-state index is 12.1. The van der Waals surface area contributed by atoms with E-state index in [1.165, 1.54) is 0 Å². The van der Waals surface area contributed by atoms with E-state index >= 15 is 0 Å². The summed E-state index contributed by atoms with van der Waals surface area (Å²) < 4.78 is 48.6. The van der Waals surface area contributed by atoms with E-state index in [0.717, 1.165) is 30.6 Å². The van der Waals surface area contributed by atoms with Gasteiger partial charge in [0.25, 0.3) is 0 Å². The van der Waals surface area contributed by atoms with E-state index in [1.807, 2.05) is 42.5 Å². The molecular formula is C35H54N2O11. The Balaban J connectivity index is 1.22. The van der Waals surface area contributed by atoms with Crippen LogP contribution in [-0.4, -0.2) is 124 Å². The Bertz CT molecular complexity index is 1040. The highest BCUT2D eigenvalue weighted by Gasteiger charge is 2.07. The molecule has 0 aliphatic heterocycles. The van der Waals surface area contributed by atoms with E-state index < -0.39 is 6.09 Å². The van der Waals surface area contributed by atoms with Gasteiger partial charge in [-0.15, -0.1) is 0 Å². The molecule has 0 fully saturated rings. The van der Waals surface area contributed by atoms with Crippen LogP contribution in [0.15, 0.2) is 54.6 Å². The second-order valence-electron chi connectivity index (χ2n) is 10.3. The molecule has 0 radical (unpaired) electrons. The highest BCUT2D eigenvalue weighted by molar-refractivity contribution is 5.89. The van der Waals surface area contributed by atoms with E-state index in [1.54, 1.807) is 12.1 Å². The fourth-order valence-corrected chi connectivity index (χ4v) is 3.83. The molecule has 0 unspecified atom stereocenters. The molecule has 13 nitrogen and oxygen atoms in total. The molecule has 0 aliphatic rings. The molecule has 0 saturated carbocycles. The topological polar surface area (TPSA) is 141 Å². The predicted octanol–water partition coefficient (Wildman–Crippen LogP) is 4.10. The summed E-state index contributed by atoms with van der Waals surface area (Å²) in [6, 6.07) is 16.8. The lowest BCUT2D eigenvalue weighted by Crippen LogP contribution is -2.28. The van der Waals surface area contributed by atoms with Gasteiger partial charge in [-0.3, -0.25) is 0 Å². The van der Waals surface area contributed by atoms with Crippen molar-refractivity contribution in [3.05, 3.63) is 65.7 Å².